The van der Waals surface area contributed by atoms with Gasteiger partial charge in [0.1, 0.15) is 5.57 Å². The van der Waals surface area contributed by atoms with Gasteiger partial charge in [0.15, 0.2) is 11.5 Å². The van der Waals surface area contributed by atoms with Gasteiger partial charge in [-0.25, -0.2) is 0 Å². The third-order valence-corrected chi connectivity index (χ3v) is 3.52. The number of nitrogens with one attached hydrogen (secondary N) is 1. The predicted molar refractivity (Wildman–Crippen MR) is 74.3 cm³/mol. The number of carbonyl (C=O) groups is 2. The summed E-state index contributed by atoms with van der Waals surface area (Å²) in [7, 11) is 0. The van der Waals surface area contributed by atoms with E-state index < -0.39 is 11.7 Å². The lowest BCUT2D eigenvalue weighted by Gasteiger charge is -2.00. The summed E-state index contributed by atoms with van der Waals surface area (Å²) >= 11 is 1.44. The normalized spacial score (nSPS) is 16.9. The van der Waals surface area contributed by atoms with Gasteiger partial charge in [-0.2, -0.15) is 0 Å². The minimum absolute atomic E-state index is 0.174. The van der Waals surface area contributed by atoms with Crippen molar-refractivity contribution in [2.24, 2.45) is 0 Å². The molecule has 0 aromatic heterocycles. The second kappa shape index (κ2) is 5.75. The van der Waals surface area contributed by atoms with Crippen molar-refractivity contribution < 1.29 is 14.7 Å². The molecule has 19 heavy (non-hydrogen) atoms. The van der Waals surface area contributed by atoms with Crippen LogP contribution >= 0.6 is 11.8 Å². The highest BCUT2D eigenvalue weighted by Crippen LogP contribution is 2.23. The van der Waals surface area contributed by atoms with Crippen molar-refractivity contribution in [1.82, 2.24) is 5.32 Å². The Balaban J connectivity index is 2.06. The van der Waals surface area contributed by atoms with Crippen molar-refractivity contribution in [2.75, 3.05) is 0 Å². The minimum Gasteiger partial charge on any atom is -0.505 e. The summed E-state index contributed by atoms with van der Waals surface area (Å²) in [6, 6.07) is 9.83. The van der Waals surface area contributed by atoms with Crippen molar-refractivity contribution in [3.05, 3.63) is 58.3 Å². The zero-order valence-corrected chi connectivity index (χ0v) is 11.2. The van der Waals surface area contributed by atoms with E-state index in [0.717, 1.165) is 11.3 Å². The average Bonchev–Trinajstić information content (AvgIpc) is 2.66. The van der Waals surface area contributed by atoms with Gasteiger partial charge in [-0.1, -0.05) is 30.3 Å². The fourth-order valence-electron chi connectivity index (χ4n) is 1.69. The van der Waals surface area contributed by atoms with Crippen molar-refractivity contribution in [2.45, 2.75) is 12.7 Å². The number of aliphatic hydroxyl groups excluding tert-OH is 1. The van der Waals surface area contributed by atoms with Crippen LogP contribution in [0.1, 0.15) is 12.5 Å². The second-order valence-electron chi connectivity index (χ2n) is 4.06. The summed E-state index contributed by atoms with van der Waals surface area (Å²) in [5.74, 6) is -0.524. The topological polar surface area (TPSA) is 66.4 Å². The number of rotatable bonds is 4. The standard InChI is InChI=1S/C14H13NO3S/c1-9(16)12-13(17)11(15-14(12)18)8-19-7-10-5-3-2-4-6-10/h2-6,8,17H,7H2,1H3,(H,15,18)/b11-8-. The molecule has 0 aliphatic carbocycles. The second-order valence-corrected chi connectivity index (χ2v) is 4.92. The highest BCUT2D eigenvalue weighted by atomic mass is 32.2. The van der Waals surface area contributed by atoms with Crippen molar-refractivity contribution >= 4 is 23.5 Å². The van der Waals surface area contributed by atoms with E-state index in [1.54, 1.807) is 5.41 Å². The number of ketones is 1. The highest BCUT2D eigenvalue weighted by Gasteiger charge is 2.29. The van der Waals surface area contributed by atoms with Gasteiger partial charge in [0, 0.05) is 5.75 Å². The summed E-state index contributed by atoms with van der Waals surface area (Å²) in [4.78, 5) is 22.7. The molecule has 98 valence electrons. The van der Waals surface area contributed by atoms with Gasteiger partial charge in [-0.3, -0.25) is 9.59 Å². The van der Waals surface area contributed by atoms with Crippen LogP contribution in [0.15, 0.2) is 52.8 Å². The van der Waals surface area contributed by atoms with Crippen LogP contribution in [0.5, 0.6) is 0 Å². The molecule has 0 radical (unpaired) electrons. The van der Waals surface area contributed by atoms with Gasteiger partial charge in [0.2, 0.25) is 0 Å². The molecule has 0 saturated carbocycles. The monoisotopic (exact) mass is 275 g/mol. The van der Waals surface area contributed by atoms with E-state index in [1.807, 2.05) is 30.3 Å². The molecule has 0 atom stereocenters. The molecular formula is C14H13NO3S. The third-order valence-electron chi connectivity index (χ3n) is 2.61. The lowest BCUT2D eigenvalue weighted by molar-refractivity contribution is -0.120. The quantitative estimate of drug-likeness (QED) is 0.827. The van der Waals surface area contributed by atoms with Crippen LogP contribution in [0, 0.1) is 0 Å². The van der Waals surface area contributed by atoms with Crippen molar-refractivity contribution in [3.63, 3.8) is 0 Å². The molecule has 0 spiro atoms. The Kier molecular flexibility index (Phi) is 4.06. The Labute approximate surface area is 115 Å². The van der Waals surface area contributed by atoms with Crippen molar-refractivity contribution in [3.8, 4) is 0 Å². The van der Waals surface area contributed by atoms with Crippen LogP contribution < -0.4 is 5.32 Å². The maximum absolute atomic E-state index is 11.5. The number of carbonyl (C=O) groups excluding carboxylic acids is 2. The molecule has 0 bridgehead atoms. The van der Waals surface area contributed by atoms with Crippen LogP contribution in [-0.4, -0.2) is 16.8 Å². The van der Waals surface area contributed by atoms with E-state index in [1.165, 1.54) is 18.7 Å². The lowest BCUT2D eigenvalue weighted by atomic mass is 10.2. The molecule has 1 heterocycles. The molecular weight excluding hydrogens is 262 g/mol. The first-order valence-corrected chi connectivity index (χ1v) is 6.76. The van der Waals surface area contributed by atoms with E-state index in [4.69, 9.17) is 0 Å². The molecule has 1 aliphatic heterocycles. The molecule has 1 aliphatic rings. The molecule has 0 unspecified atom stereocenters. The third kappa shape index (κ3) is 3.06. The molecule has 1 aromatic carbocycles. The molecule has 1 amide bonds. The fraction of sp³-hybridized carbons (Fsp3) is 0.143. The van der Waals surface area contributed by atoms with Gasteiger partial charge < -0.3 is 10.4 Å². The number of aliphatic hydroxyl groups is 1. The molecule has 0 saturated heterocycles. The summed E-state index contributed by atoms with van der Waals surface area (Å²) in [6.07, 6.45) is 0. The predicted octanol–water partition coefficient (Wildman–Crippen LogP) is 2.29. The van der Waals surface area contributed by atoms with Crippen LogP contribution in [0.2, 0.25) is 0 Å². The van der Waals surface area contributed by atoms with Gasteiger partial charge in [0.25, 0.3) is 5.91 Å². The van der Waals surface area contributed by atoms with Crippen LogP contribution in [-0.2, 0) is 15.3 Å². The molecule has 1 aromatic rings. The van der Waals surface area contributed by atoms with E-state index in [9.17, 15) is 14.7 Å². The SMILES string of the molecule is CC(=O)C1=C(O)/C(=C/SCc2ccccc2)NC1=O. The van der Waals surface area contributed by atoms with Gasteiger partial charge in [0.05, 0.1) is 5.70 Å². The largest absolute Gasteiger partial charge is 0.505 e. The van der Waals surface area contributed by atoms with Crippen LogP contribution in [0.3, 0.4) is 0 Å². The van der Waals surface area contributed by atoms with Gasteiger partial charge >= 0.3 is 0 Å². The first kappa shape index (κ1) is 13.4. The Morgan fingerprint density at radius 3 is 2.63 bits per heavy atom. The zero-order valence-electron chi connectivity index (χ0n) is 10.3. The van der Waals surface area contributed by atoms with Crippen LogP contribution in [0.4, 0.5) is 0 Å². The number of amides is 1. The number of hydrogen-bond acceptors (Lipinski definition) is 4. The van der Waals surface area contributed by atoms with E-state index in [-0.39, 0.29) is 17.0 Å². The number of Topliss-reactive ketones (excluding diaryl/α,β-unsaturated/α-hetero) is 1. The first-order chi connectivity index (χ1) is 9.09. The fourth-order valence-corrected chi connectivity index (χ4v) is 2.50. The van der Waals surface area contributed by atoms with Crippen LogP contribution in [0.25, 0.3) is 0 Å². The van der Waals surface area contributed by atoms with E-state index in [2.05, 4.69) is 5.32 Å². The average molecular weight is 275 g/mol. The minimum atomic E-state index is -0.545. The molecule has 2 N–H and O–H groups in total. The maximum Gasteiger partial charge on any atom is 0.263 e. The number of thioether (sulfide) groups is 1. The Hall–Kier alpha value is -2.01. The lowest BCUT2D eigenvalue weighted by Crippen LogP contribution is -2.18. The highest BCUT2D eigenvalue weighted by molar-refractivity contribution is 8.01. The molecule has 0 fully saturated rings. The Morgan fingerprint density at radius 1 is 1.37 bits per heavy atom. The summed E-state index contributed by atoms with van der Waals surface area (Å²) in [6.45, 7) is 1.26. The van der Waals surface area contributed by atoms with Crippen molar-refractivity contribution in [1.29, 1.82) is 0 Å². The zero-order chi connectivity index (χ0) is 13.8. The summed E-state index contributed by atoms with van der Waals surface area (Å²) in [5, 5.41) is 13.9. The van der Waals surface area contributed by atoms with Gasteiger partial charge in [-0.15, -0.1) is 11.8 Å². The maximum atomic E-state index is 11.5. The Bertz CT molecular complexity index is 576. The summed E-state index contributed by atoms with van der Waals surface area (Å²) in [5.41, 5.74) is 1.26. The Morgan fingerprint density at radius 2 is 2.05 bits per heavy atom. The number of benzene rings is 1. The number of hydrogen-bond donors (Lipinski definition) is 2. The molecule has 5 heteroatoms. The summed E-state index contributed by atoms with van der Waals surface area (Å²) < 4.78 is 0. The first-order valence-electron chi connectivity index (χ1n) is 5.71. The molecule has 2 rings (SSSR count). The molecule has 4 nitrogen and oxygen atoms in total. The van der Waals surface area contributed by atoms with E-state index >= 15 is 0 Å². The van der Waals surface area contributed by atoms with Gasteiger partial charge in [-0.05, 0) is 17.9 Å². The van der Waals surface area contributed by atoms with E-state index in [0.29, 0.717) is 0 Å². The smallest absolute Gasteiger partial charge is 0.263 e.